The van der Waals surface area contributed by atoms with Gasteiger partial charge in [0.15, 0.2) is 0 Å². The molecule has 1 aliphatic rings. The molecule has 1 fully saturated rings. The van der Waals surface area contributed by atoms with E-state index < -0.39 is 0 Å². The van der Waals surface area contributed by atoms with Crippen molar-refractivity contribution in [3.63, 3.8) is 0 Å². The predicted octanol–water partition coefficient (Wildman–Crippen LogP) is 1.05. The van der Waals surface area contributed by atoms with Crippen molar-refractivity contribution in [3.05, 3.63) is 51.7 Å². The molecule has 0 aliphatic carbocycles. The highest BCUT2D eigenvalue weighted by atomic mass is 32.1. The van der Waals surface area contributed by atoms with Crippen LogP contribution in [-0.2, 0) is 16.0 Å². The van der Waals surface area contributed by atoms with Gasteiger partial charge in [-0.05, 0) is 17.7 Å². The number of hydrogen-bond donors (Lipinski definition) is 2. The number of aromatic nitrogens is 1. The second-order valence-corrected chi connectivity index (χ2v) is 7.52. The third kappa shape index (κ3) is 6.36. The average Bonchev–Trinajstić information content (AvgIpc) is 3.17. The third-order valence-electron chi connectivity index (χ3n) is 4.31. The second kappa shape index (κ2) is 10.3. The summed E-state index contributed by atoms with van der Waals surface area (Å²) in [4.78, 5) is 31.0. The van der Waals surface area contributed by atoms with E-state index in [9.17, 15) is 14.0 Å². The van der Waals surface area contributed by atoms with Crippen LogP contribution in [0.5, 0.6) is 0 Å². The van der Waals surface area contributed by atoms with Crippen LogP contribution in [-0.4, -0.2) is 67.6 Å². The van der Waals surface area contributed by atoms with Gasteiger partial charge in [0.05, 0.1) is 31.0 Å². The minimum Gasteiger partial charge on any atom is -0.379 e. The number of nitrogens with one attached hydrogen (secondary N) is 2. The first kappa shape index (κ1) is 20.4. The number of benzene rings is 1. The number of carbonyl (C=O) groups excluding carboxylic acids is 2. The molecular formula is C19H23FN4O3S. The van der Waals surface area contributed by atoms with E-state index in [0.717, 1.165) is 43.4 Å². The van der Waals surface area contributed by atoms with Gasteiger partial charge in [0.2, 0.25) is 5.91 Å². The summed E-state index contributed by atoms with van der Waals surface area (Å²) >= 11 is 1.26. The predicted molar refractivity (Wildman–Crippen MR) is 104 cm³/mol. The molecule has 9 heteroatoms. The SMILES string of the molecule is O=C(CNC(=O)c1cnc(Cc2ccc(F)cc2)s1)NCCN1CCOCC1. The van der Waals surface area contributed by atoms with Crippen molar-refractivity contribution in [1.82, 2.24) is 20.5 Å². The summed E-state index contributed by atoms with van der Waals surface area (Å²) in [5.74, 6) is -0.838. The van der Waals surface area contributed by atoms with Gasteiger partial charge >= 0.3 is 0 Å². The molecule has 2 heterocycles. The van der Waals surface area contributed by atoms with Gasteiger partial charge in [-0.2, -0.15) is 0 Å². The number of hydrogen-bond acceptors (Lipinski definition) is 6. The number of morpholine rings is 1. The molecule has 28 heavy (non-hydrogen) atoms. The lowest BCUT2D eigenvalue weighted by molar-refractivity contribution is -0.120. The van der Waals surface area contributed by atoms with Crippen molar-refractivity contribution in [2.24, 2.45) is 0 Å². The fourth-order valence-electron chi connectivity index (χ4n) is 2.76. The van der Waals surface area contributed by atoms with E-state index in [2.05, 4.69) is 20.5 Å². The highest BCUT2D eigenvalue weighted by molar-refractivity contribution is 7.13. The standard InChI is InChI=1S/C19H23FN4O3S/c20-15-3-1-14(2-4-15)11-18-22-12-16(28-18)19(26)23-13-17(25)21-5-6-24-7-9-27-10-8-24/h1-4,12H,5-11,13H2,(H,21,25)(H,23,26). The number of halogens is 1. The minimum atomic E-state index is -0.328. The highest BCUT2D eigenvalue weighted by Gasteiger charge is 2.13. The Labute approximate surface area is 166 Å². The van der Waals surface area contributed by atoms with Crippen molar-refractivity contribution >= 4 is 23.2 Å². The molecule has 0 saturated carbocycles. The number of ether oxygens (including phenoxy) is 1. The van der Waals surface area contributed by atoms with Crippen LogP contribution in [0.4, 0.5) is 4.39 Å². The van der Waals surface area contributed by atoms with Crippen LogP contribution < -0.4 is 10.6 Å². The quantitative estimate of drug-likeness (QED) is 0.685. The van der Waals surface area contributed by atoms with Gasteiger partial charge in [0.25, 0.3) is 5.91 Å². The van der Waals surface area contributed by atoms with E-state index in [-0.39, 0.29) is 24.2 Å². The summed E-state index contributed by atoms with van der Waals surface area (Å²) in [6.07, 6.45) is 2.02. The maximum absolute atomic E-state index is 13.0. The van der Waals surface area contributed by atoms with Crippen LogP contribution in [0.3, 0.4) is 0 Å². The zero-order valence-corrected chi connectivity index (χ0v) is 16.3. The van der Waals surface area contributed by atoms with Crippen LogP contribution in [0, 0.1) is 5.82 Å². The van der Waals surface area contributed by atoms with Gasteiger partial charge < -0.3 is 15.4 Å². The number of amides is 2. The van der Waals surface area contributed by atoms with Gasteiger partial charge in [-0.25, -0.2) is 9.37 Å². The summed E-state index contributed by atoms with van der Waals surface area (Å²) in [5, 5.41) is 6.16. The fourth-order valence-corrected chi connectivity index (χ4v) is 3.63. The Bertz CT molecular complexity index is 791. The first-order chi connectivity index (χ1) is 13.6. The number of thiazole rings is 1. The molecule has 1 aromatic heterocycles. The van der Waals surface area contributed by atoms with Gasteiger partial charge in [-0.15, -0.1) is 11.3 Å². The molecule has 0 radical (unpaired) electrons. The van der Waals surface area contributed by atoms with Crippen LogP contribution >= 0.6 is 11.3 Å². The first-order valence-corrected chi connectivity index (χ1v) is 9.96. The van der Waals surface area contributed by atoms with Crippen molar-refractivity contribution < 1.29 is 18.7 Å². The van der Waals surface area contributed by atoms with Crippen molar-refractivity contribution in [2.45, 2.75) is 6.42 Å². The van der Waals surface area contributed by atoms with E-state index in [1.54, 1.807) is 12.1 Å². The molecule has 3 rings (SSSR count). The molecule has 0 atom stereocenters. The van der Waals surface area contributed by atoms with E-state index in [4.69, 9.17) is 4.74 Å². The molecule has 2 amide bonds. The molecule has 1 saturated heterocycles. The normalized spacial score (nSPS) is 14.6. The number of rotatable bonds is 8. The van der Waals surface area contributed by atoms with Crippen LogP contribution in [0.25, 0.3) is 0 Å². The summed E-state index contributed by atoms with van der Waals surface area (Å²) in [7, 11) is 0. The van der Waals surface area contributed by atoms with Crippen LogP contribution in [0.1, 0.15) is 20.2 Å². The fraction of sp³-hybridized carbons (Fsp3) is 0.421. The highest BCUT2D eigenvalue weighted by Crippen LogP contribution is 2.17. The number of nitrogens with zero attached hydrogens (tertiary/aromatic N) is 2. The Morgan fingerprint density at radius 1 is 1.18 bits per heavy atom. The van der Waals surface area contributed by atoms with E-state index in [1.807, 2.05) is 0 Å². The zero-order chi connectivity index (χ0) is 19.8. The molecule has 7 nitrogen and oxygen atoms in total. The molecule has 0 unspecified atom stereocenters. The zero-order valence-electron chi connectivity index (χ0n) is 15.4. The molecule has 2 aromatic rings. The molecule has 0 bridgehead atoms. The van der Waals surface area contributed by atoms with E-state index >= 15 is 0 Å². The largest absolute Gasteiger partial charge is 0.379 e. The molecular weight excluding hydrogens is 383 g/mol. The van der Waals surface area contributed by atoms with Gasteiger partial charge in [0, 0.05) is 32.6 Å². The Hall–Kier alpha value is -2.36. The molecule has 150 valence electrons. The first-order valence-electron chi connectivity index (χ1n) is 9.14. The van der Waals surface area contributed by atoms with Crippen molar-refractivity contribution in [3.8, 4) is 0 Å². The topological polar surface area (TPSA) is 83.6 Å². The summed E-state index contributed by atoms with van der Waals surface area (Å²) in [6.45, 7) is 4.43. The number of carbonyl (C=O) groups is 2. The Morgan fingerprint density at radius 2 is 1.93 bits per heavy atom. The van der Waals surface area contributed by atoms with Crippen LogP contribution in [0.2, 0.25) is 0 Å². The lowest BCUT2D eigenvalue weighted by Crippen LogP contribution is -2.43. The molecule has 0 spiro atoms. The lowest BCUT2D eigenvalue weighted by Gasteiger charge is -2.26. The third-order valence-corrected chi connectivity index (χ3v) is 5.31. The van der Waals surface area contributed by atoms with Crippen molar-refractivity contribution in [1.29, 1.82) is 0 Å². The van der Waals surface area contributed by atoms with Crippen molar-refractivity contribution in [2.75, 3.05) is 45.9 Å². The molecule has 2 N–H and O–H groups in total. The molecule has 1 aromatic carbocycles. The van der Waals surface area contributed by atoms with E-state index in [1.165, 1.54) is 29.7 Å². The van der Waals surface area contributed by atoms with Crippen LogP contribution in [0.15, 0.2) is 30.5 Å². The van der Waals surface area contributed by atoms with Gasteiger partial charge in [-0.3, -0.25) is 14.5 Å². The maximum atomic E-state index is 13.0. The smallest absolute Gasteiger partial charge is 0.263 e. The summed E-state index contributed by atoms with van der Waals surface area (Å²) in [5.41, 5.74) is 0.919. The summed E-state index contributed by atoms with van der Waals surface area (Å²) in [6, 6.07) is 6.18. The monoisotopic (exact) mass is 406 g/mol. The Kier molecular flexibility index (Phi) is 7.46. The Balaban J connectivity index is 1.37. The lowest BCUT2D eigenvalue weighted by atomic mass is 10.2. The Morgan fingerprint density at radius 3 is 2.68 bits per heavy atom. The average molecular weight is 406 g/mol. The van der Waals surface area contributed by atoms with E-state index in [0.29, 0.717) is 17.8 Å². The second-order valence-electron chi connectivity index (χ2n) is 6.41. The maximum Gasteiger partial charge on any atom is 0.263 e. The van der Waals surface area contributed by atoms with Gasteiger partial charge in [0.1, 0.15) is 10.7 Å². The molecule has 1 aliphatic heterocycles. The van der Waals surface area contributed by atoms with Gasteiger partial charge in [-0.1, -0.05) is 12.1 Å². The summed E-state index contributed by atoms with van der Waals surface area (Å²) < 4.78 is 18.2. The minimum absolute atomic E-state index is 0.0763.